The largest absolute Gasteiger partial charge is 0.489 e. The van der Waals surface area contributed by atoms with E-state index in [1.54, 1.807) is 19.2 Å². The molecule has 2 aromatic carbocycles. The van der Waals surface area contributed by atoms with E-state index in [4.69, 9.17) is 4.74 Å². The van der Waals surface area contributed by atoms with Crippen molar-refractivity contribution in [3.8, 4) is 5.75 Å². The predicted molar refractivity (Wildman–Crippen MR) is 151 cm³/mol. The lowest BCUT2D eigenvalue weighted by atomic mass is 10.0. The molecule has 3 amide bonds. The highest BCUT2D eigenvalue weighted by atomic mass is 19.1. The summed E-state index contributed by atoms with van der Waals surface area (Å²) in [4.78, 5) is 41.7. The van der Waals surface area contributed by atoms with Crippen molar-refractivity contribution >= 4 is 17.7 Å². The molecule has 1 aliphatic carbocycles. The van der Waals surface area contributed by atoms with Crippen LogP contribution in [0.25, 0.3) is 0 Å². The Labute approximate surface area is 235 Å². The number of likely N-dealkylation sites (N-methyl/N-ethyl adjacent to an activating group) is 1. The van der Waals surface area contributed by atoms with Crippen LogP contribution in [0.1, 0.15) is 37.3 Å². The molecule has 2 aliphatic rings. The molecule has 40 heavy (non-hydrogen) atoms. The quantitative estimate of drug-likeness (QED) is 0.509. The summed E-state index contributed by atoms with van der Waals surface area (Å²) in [5.74, 6) is -0.489. The van der Waals surface area contributed by atoms with Gasteiger partial charge in [0.1, 0.15) is 29.8 Å². The van der Waals surface area contributed by atoms with Gasteiger partial charge in [0.05, 0.1) is 6.04 Å². The molecule has 4 atom stereocenters. The molecule has 0 spiro atoms. The summed E-state index contributed by atoms with van der Waals surface area (Å²) in [6.07, 6.45) is 4.61. The normalized spacial score (nSPS) is 25.5. The monoisotopic (exact) mass is 550 g/mol. The van der Waals surface area contributed by atoms with Gasteiger partial charge in [-0.05, 0) is 67.9 Å². The second kappa shape index (κ2) is 13.6. The summed E-state index contributed by atoms with van der Waals surface area (Å²) >= 11 is 0. The fraction of sp³-hybridized carbons (Fsp3) is 0.452. The van der Waals surface area contributed by atoms with Crippen molar-refractivity contribution in [2.45, 2.75) is 63.3 Å². The Morgan fingerprint density at radius 1 is 1.07 bits per heavy atom. The van der Waals surface area contributed by atoms with Crippen LogP contribution in [0.5, 0.6) is 5.75 Å². The van der Waals surface area contributed by atoms with Crippen molar-refractivity contribution < 1.29 is 23.5 Å². The first-order valence-electron chi connectivity index (χ1n) is 14.0. The smallest absolute Gasteiger partial charge is 0.247 e. The lowest BCUT2D eigenvalue weighted by Gasteiger charge is -2.31. The van der Waals surface area contributed by atoms with E-state index >= 15 is 0 Å². The summed E-state index contributed by atoms with van der Waals surface area (Å²) in [5, 5.41) is 9.13. The maximum Gasteiger partial charge on any atom is 0.247 e. The minimum atomic E-state index is -0.974. The number of halogens is 1. The number of rotatable bonds is 4. The Bertz CT molecular complexity index is 1200. The molecule has 3 N–H and O–H groups in total. The van der Waals surface area contributed by atoms with Crippen LogP contribution in [0, 0.1) is 11.7 Å². The minimum absolute atomic E-state index is 0.167. The fourth-order valence-electron chi connectivity index (χ4n) is 5.00. The standard InChI is InChI=1S/C31H39FN4O4/c1-4-26-30(38)35-25(18-21-11-15-24(32)16-12-21)29(37)33-17-7-9-22-8-5-6-10-27(22)40-20(2)19-34-28(23-13-14-23)31(39)36(26)3/h4-6,8,10-12,15-16,20,23,25-26,28,34H,1,7,9,13-14,17-19H2,2-3H3,(H,33,37)(H,35,38)/t20-,25-,26-,28+/m1/s1. The molecule has 2 aromatic rings. The molecule has 0 bridgehead atoms. The van der Waals surface area contributed by atoms with Crippen LogP contribution < -0.4 is 20.7 Å². The number of nitrogens with zero attached hydrogens (tertiary/aromatic N) is 1. The molecular formula is C31H39FN4O4. The van der Waals surface area contributed by atoms with E-state index in [9.17, 15) is 18.8 Å². The lowest BCUT2D eigenvalue weighted by molar-refractivity contribution is -0.140. The van der Waals surface area contributed by atoms with E-state index < -0.39 is 24.0 Å². The van der Waals surface area contributed by atoms with Crippen LogP contribution >= 0.6 is 0 Å². The van der Waals surface area contributed by atoms with Crippen molar-refractivity contribution in [1.29, 1.82) is 0 Å². The van der Waals surface area contributed by atoms with Gasteiger partial charge in [-0.1, -0.05) is 36.4 Å². The molecule has 4 rings (SSSR count). The second-order valence-electron chi connectivity index (χ2n) is 10.7. The van der Waals surface area contributed by atoms with Crippen molar-refractivity contribution in [2.24, 2.45) is 5.92 Å². The average Bonchev–Trinajstić information content (AvgIpc) is 3.78. The Morgan fingerprint density at radius 2 is 1.80 bits per heavy atom. The van der Waals surface area contributed by atoms with Crippen molar-refractivity contribution in [3.63, 3.8) is 0 Å². The molecular weight excluding hydrogens is 511 g/mol. The van der Waals surface area contributed by atoms with E-state index in [0.29, 0.717) is 31.5 Å². The summed E-state index contributed by atoms with van der Waals surface area (Å²) in [6, 6.07) is 11.3. The molecule has 1 fully saturated rings. The summed E-state index contributed by atoms with van der Waals surface area (Å²) in [7, 11) is 1.58. The number of carbonyl (C=O) groups is 3. The lowest BCUT2D eigenvalue weighted by Crippen LogP contribution is -2.57. The predicted octanol–water partition coefficient (Wildman–Crippen LogP) is 2.76. The third kappa shape index (κ3) is 7.69. The molecule has 0 aromatic heterocycles. The van der Waals surface area contributed by atoms with Crippen molar-refractivity contribution in [2.75, 3.05) is 20.1 Å². The molecule has 0 unspecified atom stereocenters. The maximum absolute atomic E-state index is 13.6. The molecule has 9 heteroatoms. The molecule has 1 heterocycles. The van der Waals surface area contributed by atoms with Gasteiger partial charge in [0, 0.05) is 26.6 Å². The summed E-state index contributed by atoms with van der Waals surface area (Å²) in [6.45, 7) is 6.61. The summed E-state index contributed by atoms with van der Waals surface area (Å²) < 4.78 is 19.7. The van der Waals surface area contributed by atoms with Crippen LogP contribution in [-0.2, 0) is 27.2 Å². The second-order valence-corrected chi connectivity index (χ2v) is 10.7. The van der Waals surface area contributed by atoms with E-state index in [2.05, 4.69) is 22.5 Å². The minimum Gasteiger partial charge on any atom is -0.489 e. The zero-order valence-corrected chi connectivity index (χ0v) is 23.2. The number of fused-ring (bicyclic) bond motifs is 1. The van der Waals surface area contributed by atoms with Gasteiger partial charge in [-0.3, -0.25) is 14.4 Å². The first-order valence-corrected chi connectivity index (χ1v) is 14.0. The van der Waals surface area contributed by atoms with Gasteiger partial charge in [0.2, 0.25) is 17.7 Å². The molecule has 1 saturated carbocycles. The third-order valence-electron chi connectivity index (χ3n) is 7.45. The first-order chi connectivity index (χ1) is 19.3. The number of ether oxygens (including phenoxy) is 1. The number of hydrogen-bond acceptors (Lipinski definition) is 5. The number of amides is 3. The van der Waals surface area contributed by atoms with Gasteiger partial charge in [-0.2, -0.15) is 0 Å². The van der Waals surface area contributed by atoms with E-state index in [1.165, 1.54) is 23.1 Å². The van der Waals surface area contributed by atoms with Gasteiger partial charge in [0.15, 0.2) is 0 Å². The van der Waals surface area contributed by atoms with Crippen LogP contribution in [-0.4, -0.2) is 67.0 Å². The maximum atomic E-state index is 13.6. The van der Waals surface area contributed by atoms with E-state index in [0.717, 1.165) is 24.2 Å². The number of carbonyl (C=O) groups excluding carboxylic acids is 3. The van der Waals surface area contributed by atoms with Crippen LogP contribution in [0.4, 0.5) is 4.39 Å². The van der Waals surface area contributed by atoms with Gasteiger partial charge >= 0.3 is 0 Å². The van der Waals surface area contributed by atoms with Crippen LogP contribution in [0.2, 0.25) is 0 Å². The van der Waals surface area contributed by atoms with Crippen LogP contribution in [0.3, 0.4) is 0 Å². The van der Waals surface area contributed by atoms with E-state index in [1.807, 2.05) is 31.2 Å². The Hall–Kier alpha value is -3.72. The van der Waals surface area contributed by atoms with Crippen molar-refractivity contribution in [3.05, 3.63) is 78.1 Å². The van der Waals surface area contributed by atoms with E-state index in [-0.39, 0.29) is 36.1 Å². The Morgan fingerprint density at radius 3 is 2.50 bits per heavy atom. The molecule has 0 radical (unpaired) electrons. The van der Waals surface area contributed by atoms with Gasteiger partial charge < -0.3 is 25.6 Å². The van der Waals surface area contributed by atoms with Gasteiger partial charge in [0.25, 0.3) is 0 Å². The topological polar surface area (TPSA) is 99.8 Å². The molecule has 0 saturated heterocycles. The number of nitrogens with one attached hydrogen (secondary N) is 3. The van der Waals surface area contributed by atoms with Crippen LogP contribution in [0.15, 0.2) is 61.2 Å². The molecule has 8 nitrogen and oxygen atoms in total. The average molecular weight is 551 g/mol. The number of hydrogen-bond donors (Lipinski definition) is 3. The van der Waals surface area contributed by atoms with Crippen molar-refractivity contribution in [1.82, 2.24) is 20.9 Å². The highest BCUT2D eigenvalue weighted by Crippen LogP contribution is 2.33. The van der Waals surface area contributed by atoms with Gasteiger partial charge in [-0.25, -0.2) is 4.39 Å². The highest BCUT2D eigenvalue weighted by Gasteiger charge is 2.40. The van der Waals surface area contributed by atoms with Gasteiger partial charge in [-0.15, -0.1) is 6.58 Å². The Kier molecular flexibility index (Phi) is 9.93. The molecule has 1 aliphatic heterocycles. The third-order valence-corrected chi connectivity index (χ3v) is 7.45. The number of para-hydroxylation sites is 1. The number of benzene rings is 2. The molecule has 214 valence electrons. The zero-order chi connectivity index (χ0) is 28.6. The fourth-order valence-corrected chi connectivity index (χ4v) is 5.00. The SMILES string of the molecule is C=C[C@@H]1C(=O)N[C@H](Cc2ccc(F)cc2)C(=O)NCCCc2ccccc2O[C@H](C)CN[C@@H](C2CC2)C(=O)N1C. The Balaban J connectivity index is 1.59. The zero-order valence-electron chi connectivity index (χ0n) is 23.2. The number of aryl methyl sites for hydroxylation is 1. The first kappa shape index (κ1) is 29.3. The summed E-state index contributed by atoms with van der Waals surface area (Å²) in [5.41, 5.74) is 1.73. The highest BCUT2D eigenvalue weighted by molar-refractivity contribution is 5.94.